The number of amides is 1. The Kier molecular flexibility index (Phi) is 4.01. The van der Waals surface area contributed by atoms with Crippen molar-refractivity contribution in [1.29, 1.82) is 0 Å². The van der Waals surface area contributed by atoms with Crippen LogP contribution in [0.4, 0.5) is 5.69 Å². The number of ether oxygens (including phenoxy) is 2. The van der Waals surface area contributed by atoms with Crippen molar-refractivity contribution in [2.75, 3.05) is 13.2 Å². The minimum Gasteiger partial charge on any atom is -0.349 e. The smallest absolute Gasteiger partial charge is 0.269 e. The molecule has 1 aliphatic rings. The van der Waals surface area contributed by atoms with Crippen molar-refractivity contribution in [3.05, 3.63) is 39.9 Å². The zero-order valence-electron chi connectivity index (χ0n) is 11.3. The fraction of sp³-hybridized carbons (Fsp3) is 0.462. The van der Waals surface area contributed by atoms with Crippen molar-refractivity contribution in [3.8, 4) is 0 Å². The second-order valence-corrected chi connectivity index (χ2v) is 4.96. The fourth-order valence-electron chi connectivity index (χ4n) is 1.91. The van der Waals surface area contributed by atoms with E-state index in [2.05, 4.69) is 5.32 Å². The molecule has 7 heteroatoms. The Bertz CT molecular complexity index is 512. The van der Waals surface area contributed by atoms with E-state index >= 15 is 0 Å². The van der Waals surface area contributed by atoms with Crippen LogP contribution in [-0.4, -0.2) is 35.9 Å². The molecule has 0 spiro atoms. The third-order valence-electron chi connectivity index (χ3n) is 2.90. The Morgan fingerprint density at radius 2 is 2.10 bits per heavy atom. The highest BCUT2D eigenvalue weighted by Crippen LogP contribution is 2.21. The summed E-state index contributed by atoms with van der Waals surface area (Å²) >= 11 is 0. The first-order valence-corrected chi connectivity index (χ1v) is 6.22. The Labute approximate surface area is 116 Å². The zero-order valence-corrected chi connectivity index (χ0v) is 11.3. The van der Waals surface area contributed by atoms with Gasteiger partial charge in [0.25, 0.3) is 11.6 Å². The molecule has 1 amide bonds. The summed E-state index contributed by atoms with van der Waals surface area (Å²) in [5.74, 6) is -0.920. The molecule has 7 nitrogen and oxygen atoms in total. The van der Waals surface area contributed by atoms with Crippen molar-refractivity contribution >= 4 is 11.6 Å². The number of benzene rings is 1. The molecular formula is C13H16N2O5. The molecular weight excluding hydrogens is 264 g/mol. The van der Waals surface area contributed by atoms with Gasteiger partial charge in [-0.3, -0.25) is 14.9 Å². The van der Waals surface area contributed by atoms with Crippen LogP contribution in [0.1, 0.15) is 24.2 Å². The van der Waals surface area contributed by atoms with Crippen LogP contribution in [-0.2, 0) is 9.47 Å². The van der Waals surface area contributed by atoms with Gasteiger partial charge in [-0.2, -0.15) is 0 Å². The molecule has 1 fully saturated rings. The van der Waals surface area contributed by atoms with Crippen molar-refractivity contribution < 1.29 is 19.2 Å². The van der Waals surface area contributed by atoms with E-state index in [0.29, 0.717) is 18.7 Å². The first-order chi connectivity index (χ1) is 9.37. The Morgan fingerprint density at radius 3 is 2.60 bits per heavy atom. The molecule has 1 unspecified atom stereocenters. The fourth-order valence-corrected chi connectivity index (χ4v) is 1.91. The van der Waals surface area contributed by atoms with E-state index in [-0.39, 0.29) is 17.7 Å². The lowest BCUT2D eigenvalue weighted by molar-refractivity contribution is -0.384. The minimum absolute atomic E-state index is 0.0455. The number of rotatable bonds is 4. The highest BCUT2D eigenvalue weighted by molar-refractivity contribution is 5.94. The highest BCUT2D eigenvalue weighted by Gasteiger charge is 2.32. The lowest BCUT2D eigenvalue weighted by atomic mass is 10.2. The number of carbonyl (C=O) groups is 1. The maximum absolute atomic E-state index is 11.9. The van der Waals surface area contributed by atoms with Gasteiger partial charge in [-0.15, -0.1) is 0 Å². The molecule has 0 bridgehead atoms. The van der Waals surface area contributed by atoms with Crippen molar-refractivity contribution in [3.63, 3.8) is 0 Å². The summed E-state index contributed by atoms with van der Waals surface area (Å²) in [4.78, 5) is 21.9. The third kappa shape index (κ3) is 3.52. The molecule has 0 aromatic heterocycles. The minimum atomic E-state index is -0.622. The number of hydrogen-bond donors (Lipinski definition) is 1. The average molecular weight is 280 g/mol. The molecule has 20 heavy (non-hydrogen) atoms. The topological polar surface area (TPSA) is 90.7 Å². The van der Waals surface area contributed by atoms with Gasteiger partial charge in [0.05, 0.1) is 11.5 Å². The zero-order chi connectivity index (χ0) is 14.8. The lowest BCUT2D eigenvalue weighted by Crippen LogP contribution is -2.34. The van der Waals surface area contributed by atoms with Gasteiger partial charge in [-0.1, -0.05) is 0 Å². The molecule has 1 heterocycles. The van der Waals surface area contributed by atoms with Crippen LogP contribution in [0.15, 0.2) is 24.3 Å². The van der Waals surface area contributed by atoms with E-state index in [9.17, 15) is 14.9 Å². The van der Waals surface area contributed by atoms with Gasteiger partial charge in [0.1, 0.15) is 6.10 Å². The summed E-state index contributed by atoms with van der Waals surface area (Å²) in [6.45, 7) is 4.38. The molecule has 2 rings (SSSR count). The van der Waals surface area contributed by atoms with E-state index in [1.165, 1.54) is 24.3 Å². The summed E-state index contributed by atoms with van der Waals surface area (Å²) < 4.78 is 10.9. The first-order valence-electron chi connectivity index (χ1n) is 6.22. The molecule has 1 N–H and O–H groups in total. The van der Waals surface area contributed by atoms with Gasteiger partial charge in [-0.05, 0) is 26.0 Å². The first kappa shape index (κ1) is 14.4. The summed E-state index contributed by atoms with van der Waals surface area (Å²) in [7, 11) is 0. The molecule has 1 atom stereocenters. The molecule has 1 aliphatic heterocycles. The van der Waals surface area contributed by atoms with Crippen LogP contribution < -0.4 is 5.32 Å². The van der Waals surface area contributed by atoms with Crippen LogP contribution in [0.5, 0.6) is 0 Å². The van der Waals surface area contributed by atoms with Gasteiger partial charge in [0.15, 0.2) is 5.79 Å². The Morgan fingerprint density at radius 1 is 1.45 bits per heavy atom. The van der Waals surface area contributed by atoms with Crippen LogP contribution >= 0.6 is 0 Å². The number of carbonyl (C=O) groups excluding carboxylic acids is 1. The molecule has 1 saturated heterocycles. The third-order valence-corrected chi connectivity index (χ3v) is 2.90. The van der Waals surface area contributed by atoms with Gasteiger partial charge >= 0.3 is 0 Å². The monoisotopic (exact) mass is 280 g/mol. The summed E-state index contributed by atoms with van der Waals surface area (Å²) in [6, 6.07) is 5.44. The quantitative estimate of drug-likeness (QED) is 0.666. The SMILES string of the molecule is CC1(C)OCC(CNC(=O)c2ccc([N+](=O)[O-])cc2)O1. The second-order valence-electron chi connectivity index (χ2n) is 4.96. The van der Waals surface area contributed by atoms with E-state index in [1.54, 1.807) is 0 Å². The molecule has 108 valence electrons. The molecule has 0 saturated carbocycles. The maximum Gasteiger partial charge on any atom is 0.269 e. The summed E-state index contributed by atoms with van der Waals surface area (Å²) in [5.41, 5.74) is 0.324. The standard InChI is InChI=1S/C13H16N2O5/c1-13(2)19-8-11(20-13)7-14-12(16)9-3-5-10(6-4-9)15(17)18/h3-6,11H,7-8H2,1-2H3,(H,14,16). The number of nitrogens with zero attached hydrogens (tertiary/aromatic N) is 1. The molecule has 1 aromatic rings. The van der Waals surface area contributed by atoms with Crippen LogP contribution in [0.25, 0.3) is 0 Å². The number of non-ortho nitro benzene ring substituents is 1. The van der Waals surface area contributed by atoms with Crippen LogP contribution in [0.2, 0.25) is 0 Å². The number of nitro benzene ring substituents is 1. The normalized spacial score (nSPS) is 20.6. The maximum atomic E-state index is 11.9. The highest BCUT2D eigenvalue weighted by atomic mass is 16.7. The van der Waals surface area contributed by atoms with Gasteiger partial charge in [0.2, 0.25) is 0 Å². The predicted molar refractivity (Wildman–Crippen MR) is 70.3 cm³/mol. The second kappa shape index (κ2) is 5.56. The van der Waals surface area contributed by atoms with Gasteiger partial charge in [-0.25, -0.2) is 0 Å². The number of hydrogen-bond acceptors (Lipinski definition) is 5. The van der Waals surface area contributed by atoms with Gasteiger partial charge < -0.3 is 14.8 Å². The van der Waals surface area contributed by atoms with Crippen molar-refractivity contribution in [2.24, 2.45) is 0 Å². The molecule has 0 aliphatic carbocycles. The Hall–Kier alpha value is -1.99. The van der Waals surface area contributed by atoms with E-state index in [1.807, 2.05) is 13.8 Å². The number of nitro groups is 1. The van der Waals surface area contributed by atoms with E-state index in [0.717, 1.165) is 0 Å². The Balaban J connectivity index is 1.87. The predicted octanol–water partition coefficient (Wildman–Crippen LogP) is 1.48. The van der Waals surface area contributed by atoms with Crippen molar-refractivity contribution in [2.45, 2.75) is 25.7 Å². The van der Waals surface area contributed by atoms with Crippen molar-refractivity contribution in [1.82, 2.24) is 5.32 Å². The molecule has 1 aromatic carbocycles. The van der Waals surface area contributed by atoms with Gasteiger partial charge in [0, 0.05) is 24.2 Å². The molecule has 0 radical (unpaired) electrons. The van der Waals surface area contributed by atoms with Crippen LogP contribution in [0, 0.1) is 10.1 Å². The largest absolute Gasteiger partial charge is 0.349 e. The average Bonchev–Trinajstić information content (AvgIpc) is 2.75. The van der Waals surface area contributed by atoms with E-state index in [4.69, 9.17) is 9.47 Å². The summed E-state index contributed by atoms with van der Waals surface area (Å²) in [5, 5.41) is 13.2. The van der Waals surface area contributed by atoms with Crippen LogP contribution in [0.3, 0.4) is 0 Å². The van der Waals surface area contributed by atoms with E-state index < -0.39 is 10.7 Å². The summed E-state index contributed by atoms with van der Waals surface area (Å²) in [6.07, 6.45) is -0.188. The number of nitrogens with one attached hydrogen (secondary N) is 1. The lowest BCUT2D eigenvalue weighted by Gasteiger charge is -2.17.